The molecule has 1 aliphatic rings. The Hall–Kier alpha value is -2.40. The van der Waals surface area contributed by atoms with E-state index in [1.165, 1.54) is 23.3 Å². The third kappa shape index (κ3) is 2.92. The van der Waals surface area contributed by atoms with E-state index in [4.69, 9.17) is 0 Å². The number of aryl methyl sites for hydroxylation is 2. The highest BCUT2D eigenvalue weighted by atomic mass is 32.1. The lowest BCUT2D eigenvalue weighted by atomic mass is 9.99. The van der Waals surface area contributed by atoms with E-state index in [9.17, 15) is 4.79 Å². The van der Waals surface area contributed by atoms with Crippen LogP contribution < -0.4 is 5.32 Å². The van der Waals surface area contributed by atoms with Crippen LogP contribution in [0.3, 0.4) is 0 Å². The van der Waals surface area contributed by atoms with E-state index in [2.05, 4.69) is 10.4 Å². The highest BCUT2D eigenvalue weighted by Gasteiger charge is 2.17. The second kappa shape index (κ2) is 6.01. The molecular weight excluding hydrogens is 306 g/mol. The molecule has 0 radical (unpaired) electrons. The minimum Gasteiger partial charge on any atom is -0.304 e. The highest BCUT2D eigenvalue weighted by Crippen LogP contribution is 2.30. The summed E-state index contributed by atoms with van der Waals surface area (Å²) in [6.07, 6.45) is 6.52. The molecule has 4 nitrogen and oxygen atoms in total. The largest absolute Gasteiger partial charge is 0.304 e. The van der Waals surface area contributed by atoms with Crippen molar-refractivity contribution in [2.75, 3.05) is 5.32 Å². The van der Waals surface area contributed by atoms with Crippen molar-refractivity contribution in [3.05, 3.63) is 64.0 Å². The Morgan fingerprint density at radius 2 is 1.96 bits per heavy atom. The first-order valence-electron chi connectivity index (χ1n) is 7.83. The van der Waals surface area contributed by atoms with Crippen molar-refractivity contribution < 1.29 is 4.79 Å². The molecule has 0 unspecified atom stereocenters. The summed E-state index contributed by atoms with van der Waals surface area (Å²) in [4.78, 5) is 14.6. The summed E-state index contributed by atoms with van der Waals surface area (Å²) in [5.74, 6) is 0.507. The van der Waals surface area contributed by atoms with Gasteiger partial charge in [-0.1, -0.05) is 18.2 Å². The molecule has 23 heavy (non-hydrogen) atoms. The molecule has 0 bridgehead atoms. The average molecular weight is 323 g/mol. The molecule has 1 aromatic carbocycles. The molecule has 0 atom stereocenters. The smallest absolute Gasteiger partial charge is 0.266 e. The Kier molecular flexibility index (Phi) is 3.71. The Morgan fingerprint density at radius 1 is 1.13 bits per heavy atom. The van der Waals surface area contributed by atoms with Gasteiger partial charge in [0.05, 0.1) is 10.6 Å². The number of fused-ring (bicyclic) bond motifs is 1. The number of nitrogens with zero attached hydrogens (tertiary/aromatic N) is 2. The van der Waals surface area contributed by atoms with Crippen molar-refractivity contribution in [1.29, 1.82) is 0 Å². The van der Waals surface area contributed by atoms with E-state index in [-0.39, 0.29) is 5.91 Å². The number of hydrogen-bond donors (Lipinski definition) is 1. The van der Waals surface area contributed by atoms with Gasteiger partial charge in [-0.2, -0.15) is 5.10 Å². The zero-order chi connectivity index (χ0) is 15.6. The highest BCUT2D eigenvalue weighted by molar-refractivity contribution is 7.14. The van der Waals surface area contributed by atoms with E-state index < -0.39 is 0 Å². The fourth-order valence-corrected chi connectivity index (χ4v) is 4.04. The fourth-order valence-electron chi connectivity index (χ4n) is 2.90. The van der Waals surface area contributed by atoms with Gasteiger partial charge in [0.2, 0.25) is 0 Å². The van der Waals surface area contributed by atoms with Crippen LogP contribution in [0.4, 0.5) is 5.82 Å². The van der Waals surface area contributed by atoms with E-state index in [0.717, 1.165) is 23.4 Å². The average Bonchev–Trinajstić information content (AvgIpc) is 3.22. The van der Waals surface area contributed by atoms with Crippen molar-refractivity contribution in [3.63, 3.8) is 0 Å². The normalized spacial score (nSPS) is 13.6. The Labute approximate surface area is 138 Å². The summed E-state index contributed by atoms with van der Waals surface area (Å²) >= 11 is 1.62. The summed E-state index contributed by atoms with van der Waals surface area (Å²) in [6.45, 7) is 0. The summed E-state index contributed by atoms with van der Waals surface area (Å²) < 4.78 is 1.76. The van der Waals surface area contributed by atoms with Gasteiger partial charge in [-0.05, 0) is 49.4 Å². The molecule has 0 aliphatic heterocycles. The fraction of sp³-hybridized carbons (Fsp3) is 0.222. The number of benzene rings is 1. The zero-order valence-corrected chi connectivity index (χ0v) is 13.5. The molecule has 116 valence electrons. The van der Waals surface area contributed by atoms with Crippen LogP contribution in [0.2, 0.25) is 0 Å². The van der Waals surface area contributed by atoms with Crippen LogP contribution in [0.25, 0.3) is 5.69 Å². The number of anilines is 1. The zero-order valence-electron chi connectivity index (χ0n) is 12.7. The Balaban J connectivity index is 1.51. The molecule has 1 aliphatic carbocycles. The summed E-state index contributed by atoms with van der Waals surface area (Å²) in [5.41, 5.74) is 2.32. The molecule has 0 saturated carbocycles. The van der Waals surface area contributed by atoms with Crippen LogP contribution in [0.1, 0.15) is 33.0 Å². The van der Waals surface area contributed by atoms with Crippen LogP contribution >= 0.6 is 11.3 Å². The molecule has 1 N–H and O–H groups in total. The van der Waals surface area contributed by atoms with Crippen molar-refractivity contribution in [3.8, 4) is 5.69 Å². The molecule has 1 amide bonds. The van der Waals surface area contributed by atoms with E-state index in [1.807, 2.05) is 48.7 Å². The minimum absolute atomic E-state index is 0.0669. The second-order valence-corrected chi connectivity index (χ2v) is 6.84. The van der Waals surface area contributed by atoms with Crippen molar-refractivity contribution in [2.45, 2.75) is 25.7 Å². The summed E-state index contributed by atoms with van der Waals surface area (Å²) in [7, 11) is 0. The maximum absolute atomic E-state index is 12.4. The predicted molar refractivity (Wildman–Crippen MR) is 92.5 cm³/mol. The standard InChI is InChI=1S/C18H17N3OS/c22-18(16-12-13-6-4-5-9-15(13)23-16)19-17-10-11-21(20-17)14-7-2-1-3-8-14/h1-3,7-8,10-12H,4-6,9H2,(H,19,20,22). The maximum Gasteiger partial charge on any atom is 0.266 e. The first-order chi connectivity index (χ1) is 11.3. The molecular formula is C18H17N3OS. The monoisotopic (exact) mass is 323 g/mol. The topological polar surface area (TPSA) is 46.9 Å². The lowest BCUT2D eigenvalue weighted by Crippen LogP contribution is -2.11. The lowest BCUT2D eigenvalue weighted by Gasteiger charge is -2.08. The molecule has 3 aromatic rings. The van der Waals surface area contributed by atoms with Crippen LogP contribution in [0.5, 0.6) is 0 Å². The molecule has 2 heterocycles. The first-order valence-corrected chi connectivity index (χ1v) is 8.65. The molecule has 5 heteroatoms. The van der Waals surface area contributed by atoms with Crippen molar-refractivity contribution in [1.82, 2.24) is 9.78 Å². The van der Waals surface area contributed by atoms with Gasteiger partial charge in [0.15, 0.2) is 5.82 Å². The van der Waals surface area contributed by atoms with Gasteiger partial charge in [-0.15, -0.1) is 11.3 Å². The van der Waals surface area contributed by atoms with Crippen LogP contribution in [0.15, 0.2) is 48.7 Å². The second-order valence-electron chi connectivity index (χ2n) is 5.70. The van der Waals surface area contributed by atoms with Crippen LogP contribution in [-0.2, 0) is 12.8 Å². The molecule has 0 spiro atoms. The molecule has 0 saturated heterocycles. The Morgan fingerprint density at radius 3 is 2.78 bits per heavy atom. The van der Waals surface area contributed by atoms with Crippen LogP contribution in [-0.4, -0.2) is 15.7 Å². The van der Waals surface area contributed by atoms with Gasteiger partial charge in [0.1, 0.15) is 0 Å². The van der Waals surface area contributed by atoms with Gasteiger partial charge in [-0.3, -0.25) is 4.79 Å². The maximum atomic E-state index is 12.4. The molecule has 4 rings (SSSR count). The lowest BCUT2D eigenvalue weighted by molar-refractivity contribution is 0.103. The number of amides is 1. The Bertz CT molecular complexity index is 812. The minimum atomic E-state index is -0.0669. The van der Waals surface area contributed by atoms with E-state index in [0.29, 0.717) is 5.82 Å². The number of hydrogen-bond acceptors (Lipinski definition) is 3. The third-order valence-electron chi connectivity index (χ3n) is 4.07. The van der Waals surface area contributed by atoms with Gasteiger partial charge < -0.3 is 5.32 Å². The first kappa shape index (κ1) is 14.2. The number of aromatic nitrogens is 2. The van der Waals surface area contributed by atoms with E-state index in [1.54, 1.807) is 16.0 Å². The number of carbonyl (C=O) groups excluding carboxylic acids is 1. The van der Waals surface area contributed by atoms with Crippen molar-refractivity contribution >= 4 is 23.1 Å². The summed E-state index contributed by atoms with van der Waals surface area (Å²) in [6, 6.07) is 13.7. The SMILES string of the molecule is O=C(Nc1ccn(-c2ccccc2)n1)c1cc2c(s1)CCCC2. The predicted octanol–water partition coefficient (Wildman–Crippen LogP) is 4.06. The molecule has 2 aromatic heterocycles. The van der Waals surface area contributed by atoms with Gasteiger partial charge in [0.25, 0.3) is 5.91 Å². The van der Waals surface area contributed by atoms with Gasteiger partial charge >= 0.3 is 0 Å². The van der Waals surface area contributed by atoms with Gasteiger partial charge in [0, 0.05) is 17.1 Å². The molecule has 0 fully saturated rings. The van der Waals surface area contributed by atoms with Gasteiger partial charge in [-0.25, -0.2) is 4.68 Å². The quantitative estimate of drug-likeness (QED) is 0.790. The van der Waals surface area contributed by atoms with Crippen molar-refractivity contribution in [2.24, 2.45) is 0 Å². The number of para-hydroxylation sites is 1. The third-order valence-corrected chi connectivity index (χ3v) is 5.31. The number of carbonyl (C=O) groups is 1. The number of nitrogens with one attached hydrogen (secondary N) is 1. The number of rotatable bonds is 3. The number of thiophene rings is 1. The summed E-state index contributed by atoms with van der Waals surface area (Å²) in [5, 5.41) is 7.31. The van der Waals surface area contributed by atoms with Crippen LogP contribution in [0, 0.1) is 0 Å². The van der Waals surface area contributed by atoms with E-state index >= 15 is 0 Å².